The van der Waals surface area contributed by atoms with E-state index in [0.29, 0.717) is 42.1 Å². The maximum atomic E-state index is 13.6. The Morgan fingerprint density at radius 2 is 1.58 bits per heavy atom. The van der Waals surface area contributed by atoms with Crippen molar-refractivity contribution in [1.82, 2.24) is 19.8 Å². The Bertz CT molecular complexity index is 1630. The molecule has 9 nitrogen and oxygen atoms in total. The lowest BCUT2D eigenvalue weighted by Crippen LogP contribution is -2.50. The second-order valence-electron chi connectivity index (χ2n) is 8.65. The van der Waals surface area contributed by atoms with Gasteiger partial charge >= 0.3 is 0 Å². The quantitative estimate of drug-likeness (QED) is 0.372. The van der Waals surface area contributed by atoms with Gasteiger partial charge in [-0.05, 0) is 42.5 Å². The van der Waals surface area contributed by atoms with Crippen LogP contribution in [-0.4, -0.2) is 73.3 Å². The molecule has 194 valence electrons. The van der Waals surface area contributed by atoms with Crippen LogP contribution in [0.3, 0.4) is 0 Å². The zero-order chi connectivity index (χ0) is 26.9. The number of piperazine rings is 1. The van der Waals surface area contributed by atoms with Crippen LogP contribution in [0.1, 0.15) is 20.8 Å². The molecular formula is C27H23ClN4O5S. The molecule has 2 aromatic carbocycles. The van der Waals surface area contributed by atoms with Crippen LogP contribution in [0.5, 0.6) is 5.75 Å². The first kappa shape index (κ1) is 25.6. The van der Waals surface area contributed by atoms with E-state index in [4.69, 9.17) is 16.3 Å². The highest BCUT2D eigenvalue weighted by atomic mass is 35.5. The van der Waals surface area contributed by atoms with E-state index in [1.54, 1.807) is 52.4 Å². The third-order valence-corrected chi connectivity index (χ3v) is 8.43. The number of halogens is 1. The highest BCUT2D eigenvalue weighted by Crippen LogP contribution is 2.33. The average Bonchev–Trinajstić information content (AvgIpc) is 2.96. The van der Waals surface area contributed by atoms with Crippen LogP contribution in [0.4, 0.5) is 0 Å². The molecule has 1 aliphatic rings. The van der Waals surface area contributed by atoms with Crippen molar-refractivity contribution >= 4 is 44.2 Å². The molecule has 0 saturated carbocycles. The molecule has 0 bridgehead atoms. The summed E-state index contributed by atoms with van der Waals surface area (Å²) in [6.45, 7) is 1.32. The molecule has 2 aromatic heterocycles. The number of para-hydroxylation sites is 1. The molecule has 11 heteroatoms. The number of fused-ring (bicyclic) bond motifs is 1. The first-order chi connectivity index (χ1) is 18.3. The van der Waals surface area contributed by atoms with Gasteiger partial charge in [0.2, 0.25) is 9.84 Å². The standard InChI is InChI=1S/C27H23ClN4O5S/c1-37-22-16-19(7-10-23(22)38(35,36)24-6-2-4-18-5-3-11-29-25(18)24)26(33)31-12-14-32(15-13-31)27(34)21-9-8-20(28)17-30-21/h2-11,16-17H,12-15H2,1H3. The van der Waals surface area contributed by atoms with Crippen molar-refractivity contribution in [3.63, 3.8) is 0 Å². The molecule has 0 atom stereocenters. The number of carbonyl (C=O) groups is 2. The molecule has 0 radical (unpaired) electrons. The summed E-state index contributed by atoms with van der Waals surface area (Å²) in [5.41, 5.74) is 0.937. The summed E-state index contributed by atoms with van der Waals surface area (Å²) >= 11 is 5.85. The number of carbonyl (C=O) groups excluding carboxylic acids is 2. The van der Waals surface area contributed by atoms with Crippen LogP contribution in [0, 0.1) is 0 Å². The molecule has 0 N–H and O–H groups in total. The predicted octanol–water partition coefficient (Wildman–Crippen LogP) is 3.72. The largest absolute Gasteiger partial charge is 0.495 e. The molecule has 0 aliphatic carbocycles. The zero-order valence-corrected chi connectivity index (χ0v) is 21.9. The number of amides is 2. The second kappa shape index (κ2) is 10.4. The number of rotatable bonds is 5. The minimum absolute atomic E-state index is 0.0550. The Morgan fingerprint density at radius 3 is 2.26 bits per heavy atom. The molecule has 0 spiro atoms. The molecule has 0 unspecified atom stereocenters. The third kappa shape index (κ3) is 4.80. The van der Waals surface area contributed by atoms with Crippen LogP contribution in [-0.2, 0) is 9.84 Å². The summed E-state index contributed by atoms with van der Waals surface area (Å²) in [6, 6.07) is 16.0. The number of pyridine rings is 2. The zero-order valence-electron chi connectivity index (χ0n) is 20.4. The SMILES string of the molecule is COc1cc(C(=O)N2CCN(C(=O)c3ccc(Cl)cn3)CC2)ccc1S(=O)(=O)c1cccc2cccnc12. The van der Waals surface area contributed by atoms with E-state index < -0.39 is 9.84 Å². The molecule has 1 fully saturated rings. The lowest BCUT2D eigenvalue weighted by atomic mass is 10.1. The summed E-state index contributed by atoms with van der Waals surface area (Å²) in [4.78, 5) is 37.5. The molecule has 3 heterocycles. The van der Waals surface area contributed by atoms with E-state index in [2.05, 4.69) is 9.97 Å². The van der Waals surface area contributed by atoms with Crippen molar-refractivity contribution in [1.29, 1.82) is 0 Å². The Labute approximate surface area is 224 Å². The van der Waals surface area contributed by atoms with Gasteiger partial charge in [-0.3, -0.25) is 14.6 Å². The van der Waals surface area contributed by atoms with Crippen molar-refractivity contribution in [2.24, 2.45) is 0 Å². The number of aromatic nitrogens is 2. The van der Waals surface area contributed by atoms with Gasteiger partial charge < -0.3 is 14.5 Å². The summed E-state index contributed by atoms with van der Waals surface area (Å²) < 4.78 is 32.6. The van der Waals surface area contributed by atoms with Gasteiger partial charge in [0.15, 0.2) is 0 Å². The molecule has 1 aliphatic heterocycles. The van der Waals surface area contributed by atoms with Crippen LogP contribution < -0.4 is 4.74 Å². The van der Waals surface area contributed by atoms with Gasteiger partial charge in [0.25, 0.3) is 11.8 Å². The maximum Gasteiger partial charge on any atom is 0.272 e. The van der Waals surface area contributed by atoms with Crippen molar-refractivity contribution in [3.8, 4) is 5.75 Å². The minimum Gasteiger partial charge on any atom is -0.495 e. The van der Waals surface area contributed by atoms with Crippen molar-refractivity contribution in [2.45, 2.75) is 9.79 Å². The van der Waals surface area contributed by atoms with Gasteiger partial charge in [0.1, 0.15) is 16.3 Å². The van der Waals surface area contributed by atoms with Crippen LogP contribution in [0.25, 0.3) is 10.9 Å². The highest BCUT2D eigenvalue weighted by Gasteiger charge is 2.29. The summed E-state index contributed by atoms with van der Waals surface area (Å²) in [7, 11) is -2.63. The lowest BCUT2D eigenvalue weighted by molar-refractivity contribution is 0.0532. The van der Waals surface area contributed by atoms with Gasteiger partial charge in [0.05, 0.1) is 22.5 Å². The smallest absolute Gasteiger partial charge is 0.272 e. The van der Waals surface area contributed by atoms with Gasteiger partial charge in [-0.25, -0.2) is 13.4 Å². The van der Waals surface area contributed by atoms with Crippen molar-refractivity contribution in [2.75, 3.05) is 33.3 Å². The fourth-order valence-electron chi connectivity index (χ4n) is 4.39. The molecule has 38 heavy (non-hydrogen) atoms. The first-order valence-electron chi connectivity index (χ1n) is 11.8. The fourth-order valence-corrected chi connectivity index (χ4v) is 6.08. The Hall–Kier alpha value is -4.02. The first-order valence-corrected chi connectivity index (χ1v) is 13.6. The lowest BCUT2D eigenvalue weighted by Gasteiger charge is -2.34. The number of hydrogen-bond acceptors (Lipinski definition) is 7. The molecule has 2 amide bonds. The number of benzene rings is 2. The second-order valence-corrected chi connectivity index (χ2v) is 11.0. The van der Waals surface area contributed by atoms with Crippen molar-refractivity contribution < 1.29 is 22.7 Å². The van der Waals surface area contributed by atoms with E-state index in [-0.39, 0.29) is 38.6 Å². The highest BCUT2D eigenvalue weighted by molar-refractivity contribution is 7.91. The predicted molar refractivity (Wildman–Crippen MR) is 141 cm³/mol. The van der Waals surface area contributed by atoms with Crippen LogP contribution in [0.2, 0.25) is 5.02 Å². The topological polar surface area (TPSA) is 110 Å². The summed E-state index contributed by atoms with van der Waals surface area (Å²) in [5, 5.41) is 1.14. The fraction of sp³-hybridized carbons (Fsp3) is 0.185. The van der Waals surface area contributed by atoms with Gasteiger partial charge in [-0.1, -0.05) is 29.8 Å². The Kier molecular flexibility index (Phi) is 7.00. The summed E-state index contributed by atoms with van der Waals surface area (Å²) in [5.74, 6) is -0.449. The number of methoxy groups -OCH3 is 1. The number of sulfone groups is 1. The third-order valence-electron chi connectivity index (χ3n) is 6.39. The van der Waals surface area contributed by atoms with Gasteiger partial charge in [-0.2, -0.15) is 0 Å². The van der Waals surface area contributed by atoms with E-state index in [0.717, 1.165) is 0 Å². The number of ether oxygens (including phenoxy) is 1. The van der Waals surface area contributed by atoms with E-state index in [1.807, 2.05) is 0 Å². The van der Waals surface area contributed by atoms with E-state index in [9.17, 15) is 18.0 Å². The van der Waals surface area contributed by atoms with Gasteiger partial charge in [0, 0.05) is 49.5 Å². The van der Waals surface area contributed by atoms with Gasteiger partial charge in [-0.15, -0.1) is 0 Å². The van der Waals surface area contributed by atoms with E-state index in [1.165, 1.54) is 37.6 Å². The number of nitrogens with zero attached hydrogens (tertiary/aromatic N) is 4. The summed E-state index contributed by atoms with van der Waals surface area (Å²) in [6.07, 6.45) is 2.96. The average molecular weight is 551 g/mol. The van der Waals surface area contributed by atoms with Crippen LogP contribution >= 0.6 is 11.6 Å². The monoisotopic (exact) mass is 550 g/mol. The van der Waals surface area contributed by atoms with E-state index >= 15 is 0 Å². The molecule has 1 saturated heterocycles. The normalized spacial score (nSPS) is 13.9. The maximum absolute atomic E-state index is 13.6. The molecule has 5 rings (SSSR count). The Balaban J connectivity index is 1.35. The van der Waals surface area contributed by atoms with Crippen LogP contribution in [0.15, 0.2) is 82.8 Å². The van der Waals surface area contributed by atoms with Crippen molar-refractivity contribution in [3.05, 3.63) is 89.3 Å². The molecular weight excluding hydrogens is 528 g/mol. The molecule has 4 aromatic rings. The number of hydrogen-bond donors (Lipinski definition) is 0. The Morgan fingerprint density at radius 1 is 0.868 bits per heavy atom. The minimum atomic E-state index is -3.99.